The Bertz CT molecular complexity index is 2840. The molecule has 10 heteroatoms. The third-order valence-electron chi connectivity index (χ3n) is 13.2. The van der Waals surface area contributed by atoms with Gasteiger partial charge in [0.05, 0.1) is 12.0 Å². The van der Waals surface area contributed by atoms with Gasteiger partial charge in [-0.1, -0.05) is 208 Å². The van der Waals surface area contributed by atoms with Gasteiger partial charge in [0.2, 0.25) is 11.8 Å². The van der Waals surface area contributed by atoms with E-state index in [1.54, 1.807) is 25.3 Å². The normalized spacial score (nSPS) is 12.3. The molecule has 2 N–H and O–H groups in total. The number of rotatable bonds is 20. The van der Waals surface area contributed by atoms with Crippen molar-refractivity contribution >= 4 is 17.8 Å². The highest BCUT2D eigenvalue weighted by Gasteiger charge is 2.39. The number of hydrogen-bond donors (Lipinski definition) is 2. The summed E-state index contributed by atoms with van der Waals surface area (Å²) in [6.07, 6.45) is 4.01. The molecule has 1 heterocycles. The first-order valence-electron chi connectivity index (χ1n) is 24.1. The summed E-state index contributed by atoms with van der Waals surface area (Å²) in [6.45, 7) is 5.23. The minimum atomic E-state index is -1.11. The third-order valence-corrected chi connectivity index (χ3v) is 13.2. The largest absolute Gasteiger partial charge is 0.489 e. The fourth-order valence-corrected chi connectivity index (χ4v) is 9.14. The highest BCUT2D eigenvalue weighted by molar-refractivity contribution is 5.92. The predicted octanol–water partition coefficient (Wildman–Crippen LogP) is 10.2. The summed E-state index contributed by atoms with van der Waals surface area (Å²) in [6, 6.07) is 65.7. The number of likely N-dealkylation sites (N-methyl/N-ethyl adjacent to an activating group) is 1. The number of carbonyl (C=O) groups is 3. The van der Waals surface area contributed by atoms with Gasteiger partial charge < -0.3 is 29.7 Å². The van der Waals surface area contributed by atoms with Crippen molar-refractivity contribution in [1.29, 1.82) is 0 Å². The van der Waals surface area contributed by atoms with E-state index in [1.807, 2.05) is 176 Å². The summed E-state index contributed by atoms with van der Waals surface area (Å²) >= 11 is 0. The van der Waals surface area contributed by atoms with Gasteiger partial charge >= 0.3 is 6.03 Å². The summed E-state index contributed by atoms with van der Waals surface area (Å²) in [4.78, 5) is 52.3. The molecule has 0 unspecified atom stereocenters. The van der Waals surface area contributed by atoms with E-state index in [9.17, 15) is 9.59 Å². The summed E-state index contributed by atoms with van der Waals surface area (Å²) < 4.78 is 8.18. The van der Waals surface area contributed by atoms with Gasteiger partial charge in [-0.3, -0.25) is 9.59 Å². The lowest BCUT2D eigenvalue weighted by Crippen LogP contribution is -2.57. The maximum atomic E-state index is 15.3. The zero-order chi connectivity index (χ0) is 49.6. The predicted molar refractivity (Wildman–Crippen MR) is 281 cm³/mol. The zero-order valence-corrected chi connectivity index (χ0v) is 40.9. The second kappa shape index (κ2) is 22.9. The van der Waals surface area contributed by atoms with Crippen LogP contribution in [0.1, 0.15) is 58.5 Å². The summed E-state index contributed by atoms with van der Waals surface area (Å²) in [7, 11) is 3.34. The Morgan fingerprint density at radius 2 is 1.07 bits per heavy atom. The molecule has 8 rings (SSSR count). The molecule has 0 aliphatic rings. The molecule has 7 aromatic carbocycles. The molecule has 0 radical (unpaired) electrons. The number of amides is 4. The standard InChI is InChI=1S/C61H62N6O4/c1-60(2,49-27-15-7-16-28-49)44-62-57(68)56(39-46-35-37-54(38-36-46)71-43-48-25-13-6-14-26-48)66(4)58(69)55(64-59(70)65(3)41-47-23-11-5-12-24-47)40-53-42-67(45-63-53)61(50-29-17-8-18-30-50,51-31-19-9-20-32-51)52-33-21-10-22-34-52/h5-38,42,45,55-56H,39-41,43-44H2,1-4H3,(H,62,68)(H,64,70)/t55-,56+/m0/s1. The van der Waals surface area contributed by atoms with E-state index in [-0.39, 0.29) is 18.7 Å². The maximum absolute atomic E-state index is 15.3. The van der Waals surface area contributed by atoms with Crippen LogP contribution >= 0.6 is 0 Å². The van der Waals surface area contributed by atoms with Crippen LogP contribution in [0.4, 0.5) is 4.79 Å². The number of nitrogens with one attached hydrogen (secondary N) is 2. The Balaban J connectivity index is 1.13. The quantitative estimate of drug-likeness (QED) is 0.0740. The molecule has 0 bridgehead atoms. The molecule has 0 spiro atoms. The Kier molecular flexibility index (Phi) is 15.9. The van der Waals surface area contributed by atoms with Crippen LogP contribution in [0.2, 0.25) is 0 Å². The van der Waals surface area contributed by atoms with Gasteiger partial charge in [-0.2, -0.15) is 0 Å². The smallest absolute Gasteiger partial charge is 0.318 e. The van der Waals surface area contributed by atoms with Gasteiger partial charge in [0, 0.05) is 51.6 Å². The molecule has 1 aromatic heterocycles. The second-order valence-electron chi connectivity index (χ2n) is 18.7. The van der Waals surface area contributed by atoms with E-state index >= 15 is 4.79 Å². The average Bonchev–Trinajstić information content (AvgIpc) is 3.89. The van der Waals surface area contributed by atoms with Crippen molar-refractivity contribution < 1.29 is 19.1 Å². The lowest BCUT2D eigenvalue weighted by Gasteiger charge is -2.37. The second-order valence-corrected chi connectivity index (χ2v) is 18.7. The van der Waals surface area contributed by atoms with Gasteiger partial charge in [-0.25, -0.2) is 9.78 Å². The molecule has 0 aliphatic heterocycles. The zero-order valence-electron chi connectivity index (χ0n) is 40.9. The Morgan fingerprint density at radius 1 is 0.592 bits per heavy atom. The highest BCUT2D eigenvalue weighted by atomic mass is 16.5. The summed E-state index contributed by atoms with van der Waals surface area (Å²) in [5.41, 5.74) is 6.28. The average molecular weight is 943 g/mol. The van der Waals surface area contributed by atoms with Crippen molar-refractivity contribution in [2.45, 2.75) is 62.9 Å². The van der Waals surface area contributed by atoms with Crippen LogP contribution < -0.4 is 15.4 Å². The van der Waals surface area contributed by atoms with Crippen LogP contribution in [0.5, 0.6) is 5.75 Å². The van der Waals surface area contributed by atoms with Crippen LogP contribution in [0, 0.1) is 0 Å². The fourth-order valence-electron chi connectivity index (χ4n) is 9.14. The van der Waals surface area contributed by atoms with E-state index in [2.05, 4.69) is 65.4 Å². The minimum absolute atomic E-state index is 0.0400. The summed E-state index contributed by atoms with van der Waals surface area (Å²) in [5.74, 6) is -0.0693. The number of aromatic nitrogens is 2. The highest BCUT2D eigenvalue weighted by Crippen LogP contribution is 2.41. The third kappa shape index (κ3) is 12.0. The van der Waals surface area contributed by atoms with Crippen molar-refractivity contribution in [3.63, 3.8) is 0 Å². The van der Waals surface area contributed by atoms with Crippen LogP contribution in [-0.4, -0.2) is 69.9 Å². The van der Waals surface area contributed by atoms with Crippen LogP contribution in [0.3, 0.4) is 0 Å². The Morgan fingerprint density at radius 3 is 1.59 bits per heavy atom. The molecule has 8 aromatic rings. The number of urea groups is 1. The molecular weight excluding hydrogens is 881 g/mol. The van der Waals surface area contributed by atoms with Crippen LogP contribution in [0.15, 0.2) is 219 Å². The van der Waals surface area contributed by atoms with Gasteiger partial charge in [-0.05, 0) is 51.1 Å². The van der Waals surface area contributed by atoms with Crippen LogP contribution in [0.25, 0.3) is 0 Å². The SMILES string of the molecule is CN(Cc1ccccc1)C(=O)N[C@@H](Cc1cn(C(c2ccccc2)(c2ccccc2)c2ccccc2)cn1)C(=O)N(C)[C@H](Cc1ccc(OCc2ccccc2)cc1)C(=O)NCC(C)(C)c1ccccc1. The van der Waals surface area contributed by atoms with Gasteiger partial charge in [-0.15, -0.1) is 0 Å². The first-order valence-corrected chi connectivity index (χ1v) is 24.1. The van der Waals surface area contributed by atoms with Crippen molar-refractivity contribution in [2.75, 3.05) is 20.6 Å². The van der Waals surface area contributed by atoms with E-state index < -0.39 is 35.0 Å². The lowest BCUT2D eigenvalue weighted by atomic mass is 9.77. The van der Waals surface area contributed by atoms with E-state index in [0.29, 0.717) is 31.1 Å². The number of nitrogens with zero attached hydrogens (tertiary/aromatic N) is 4. The molecule has 4 amide bonds. The molecular formula is C61H62N6O4. The van der Waals surface area contributed by atoms with Crippen molar-refractivity contribution in [3.05, 3.63) is 263 Å². The van der Waals surface area contributed by atoms with E-state index in [0.717, 1.165) is 38.9 Å². The molecule has 0 fully saturated rings. The van der Waals surface area contributed by atoms with Gasteiger partial charge in [0.1, 0.15) is 30.0 Å². The molecule has 0 saturated heterocycles. The fraction of sp³-hybridized carbons (Fsp3) is 0.213. The maximum Gasteiger partial charge on any atom is 0.318 e. The number of imidazole rings is 1. The molecule has 0 saturated carbocycles. The Hall–Kier alpha value is -8.24. The number of carbonyl (C=O) groups excluding carboxylic acids is 3. The van der Waals surface area contributed by atoms with Gasteiger partial charge in [0.25, 0.3) is 0 Å². The number of ether oxygens (including phenoxy) is 1. The number of hydrogen-bond acceptors (Lipinski definition) is 5. The van der Waals surface area contributed by atoms with E-state index in [1.165, 1.54) is 4.90 Å². The van der Waals surface area contributed by atoms with Crippen molar-refractivity contribution in [3.8, 4) is 5.75 Å². The molecule has 360 valence electrons. The van der Waals surface area contributed by atoms with E-state index in [4.69, 9.17) is 9.72 Å². The molecule has 10 nitrogen and oxygen atoms in total. The van der Waals surface area contributed by atoms with Crippen molar-refractivity contribution in [1.82, 2.24) is 30.0 Å². The first-order chi connectivity index (χ1) is 34.5. The first kappa shape index (κ1) is 49.2. The molecule has 2 atom stereocenters. The molecule has 71 heavy (non-hydrogen) atoms. The summed E-state index contributed by atoms with van der Waals surface area (Å²) in [5, 5.41) is 6.28. The minimum Gasteiger partial charge on any atom is -0.489 e. The monoisotopic (exact) mass is 942 g/mol. The van der Waals surface area contributed by atoms with Crippen LogP contribution in [-0.2, 0) is 46.5 Å². The lowest BCUT2D eigenvalue weighted by molar-refractivity contribution is -0.140. The Labute approximate surface area is 418 Å². The number of benzene rings is 7. The topological polar surface area (TPSA) is 109 Å². The van der Waals surface area contributed by atoms with Crippen molar-refractivity contribution in [2.24, 2.45) is 0 Å². The van der Waals surface area contributed by atoms with Gasteiger partial charge in [0.15, 0.2) is 0 Å². The molecule has 0 aliphatic carbocycles.